The van der Waals surface area contributed by atoms with Gasteiger partial charge in [0, 0.05) is 6.07 Å². The van der Waals surface area contributed by atoms with E-state index in [0.717, 1.165) is 10.6 Å². The van der Waals surface area contributed by atoms with E-state index in [1.165, 1.54) is 6.08 Å². The zero-order valence-electron chi connectivity index (χ0n) is 9.52. The van der Waals surface area contributed by atoms with Crippen molar-refractivity contribution >= 4 is 12.2 Å². The van der Waals surface area contributed by atoms with Crippen LogP contribution in [0.3, 0.4) is 0 Å². The van der Waals surface area contributed by atoms with E-state index in [1.807, 2.05) is 0 Å². The number of nitrogens with zero attached hydrogens (tertiary/aromatic N) is 1. The highest BCUT2D eigenvalue weighted by molar-refractivity contribution is 5.78. The van der Waals surface area contributed by atoms with Crippen molar-refractivity contribution < 1.29 is 19.7 Å². The molecule has 5 nitrogen and oxygen atoms in total. The monoisotopic (exact) mass is 225 g/mol. The van der Waals surface area contributed by atoms with Gasteiger partial charge >= 0.3 is 6.09 Å². The lowest BCUT2D eigenvalue weighted by atomic mass is 10.2. The fraction of sp³-hybridized carbons (Fsp3) is 0.364. The molecular weight excluding hydrogens is 210 g/mol. The van der Waals surface area contributed by atoms with Crippen LogP contribution >= 0.6 is 0 Å². The van der Waals surface area contributed by atoms with Gasteiger partial charge in [0.25, 0.3) is 0 Å². The molecule has 0 fully saturated rings. The van der Waals surface area contributed by atoms with Crippen molar-refractivity contribution in [3.05, 3.63) is 18.3 Å². The highest BCUT2D eigenvalue weighted by atomic mass is 16.6. The van der Waals surface area contributed by atoms with Gasteiger partial charge in [-0.25, -0.2) is 9.36 Å². The summed E-state index contributed by atoms with van der Waals surface area (Å²) in [5, 5.41) is 18.9. The van der Waals surface area contributed by atoms with Crippen molar-refractivity contribution in [1.82, 2.24) is 4.57 Å². The lowest BCUT2D eigenvalue weighted by molar-refractivity contribution is 0.0524. The molecule has 0 unspecified atom stereocenters. The van der Waals surface area contributed by atoms with Gasteiger partial charge in [0.1, 0.15) is 11.4 Å². The molecule has 0 saturated heterocycles. The molecule has 16 heavy (non-hydrogen) atoms. The van der Waals surface area contributed by atoms with Gasteiger partial charge in [-0.15, -0.1) is 0 Å². The zero-order chi connectivity index (χ0) is 12.5. The summed E-state index contributed by atoms with van der Waals surface area (Å²) in [6.07, 6.45) is 0.499. The minimum atomic E-state index is -0.764. The molecule has 0 amide bonds. The normalized spacial score (nSPS) is 11.2. The number of aromatic hydroxyl groups is 2. The van der Waals surface area contributed by atoms with Gasteiger partial charge in [-0.1, -0.05) is 6.58 Å². The quantitative estimate of drug-likeness (QED) is 0.769. The Labute approximate surface area is 93.6 Å². The molecule has 0 spiro atoms. The smallest absolute Gasteiger partial charge is 0.422 e. The van der Waals surface area contributed by atoms with Crippen LogP contribution in [0.25, 0.3) is 6.08 Å². The Morgan fingerprint density at radius 1 is 1.50 bits per heavy atom. The van der Waals surface area contributed by atoms with Crippen LogP contribution in [0, 0.1) is 0 Å². The van der Waals surface area contributed by atoms with Gasteiger partial charge in [-0.2, -0.15) is 0 Å². The Hall–Kier alpha value is -1.91. The van der Waals surface area contributed by atoms with Gasteiger partial charge < -0.3 is 14.9 Å². The number of rotatable bonds is 1. The molecule has 0 radical (unpaired) electrons. The summed E-state index contributed by atoms with van der Waals surface area (Å²) < 4.78 is 5.92. The Balaban J connectivity index is 3.13. The summed E-state index contributed by atoms with van der Waals surface area (Å²) in [5.74, 6) is -0.611. The molecule has 88 valence electrons. The van der Waals surface area contributed by atoms with E-state index in [-0.39, 0.29) is 17.3 Å². The van der Waals surface area contributed by atoms with E-state index >= 15 is 0 Å². The topological polar surface area (TPSA) is 71.7 Å². The molecule has 0 saturated carbocycles. The first-order valence-corrected chi connectivity index (χ1v) is 4.75. The van der Waals surface area contributed by atoms with Crippen molar-refractivity contribution in [2.75, 3.05) is 0 Å². The third kappa shape index (κ3) is 2.36. The predicted octanol–water partition coefficient (Wildman–Crippen LogP) is 2.33. The highest BCUT2D eigenvalue weighted by Crippen LogP contribution is 2.28. The van der Waals surface area contributed by atoms with Gasteiger partial charge in [-0.05, 0) is 26.8 Å². The summed E-state index contributed by atoms with van der Waals surface area (Å²) in [5.41, 5.74) is -0.575. The van der Waals surface area contributed by atoms with Crippen molar-refractivity contribution in [2.24, 2.45) is 0 Å². The highest BCUT2D eigenvalue weighted by Gasteiger charge is 2.23. The van der Waals surface area contributed by atoms with Crippen LogP contribution in [-0.4, -0.2) is 26.5 Å². The molecule has 1 aromatic heterocycles. The predicted molar refractivity (Wildman–Crippen MR) is 59.5 cm³/mol. The molecule has 5 heteroatoms. The maximum Gasteiger partial charge on any atom is 0.422 e. The molecule has 1 rings (SSSR count). The van der Waals surface area contributed by atoms with Crippen LogP contribution in [0.5, 0.6) is 11.6 Å². The molecular formula is C11H15NO4. The second-order valence-electron chi connectivity index (χ2n) is 4.29. The van der Waals surface area contributed by atoms with Crippen LogP contribution in [0.15, 0.2) is 12.6 Å². The van der Waals surface area contributed by atoms with Crippen LogP contribution in [0.4, 0.5) is 4.79 Å². The standard InChI is InChI=1S/C11H15NO4/c1-5-7-8(13)6-9(14)12(7)10(15)16-11(2,3)4/h5-6,13-14H,1H2,2-4H3. The SMILES string of the molecule is C=Cc1c(O)cc(O)n1C(=O)OC(C)(C)C. The Morgan fingerprint density at radius 2 is 2.06 bits per heavy atom. The number of ether oxygens (including phenoxy) is 1. The number of carbonyl (C=O) groups is 1. The fourth-order valence-corrected chi connectivity index (χ4v) is 1.19. The minimum Gasteiger partial charge on any atom is -0.506 e. The maximum atomic E-state index is 11.7. The molecule has 0 atom stereocenters. The van der Waals surface area contributed by atoms with Crippen LogP contribution in [0.1, 0.15) is 26.5 Å². The minimum absolute atomic E-state index is 0.103. The first kappa shape index (κ1) is 12.2. The summed E-state index contributed by atoms with van der Waals surface area (Å²) in [6, 6.07) is 1.06. The Morgan fingerprint density at radius 3 is 2.50 bits per heavy atom. The molecule has 0 aliphatic rings. The number of carbonyl (C=O) groups excluding carboxylic acids is 1. The number of aromatic nitrogens is 1. The van der Waals surface area contributed by atoms with Crippen LogP contribution in [0.2, 0.25) is 0 Å². The van der Waals surface area contributed by atoms with E-state index in [9.17, 15) is 15.0 Å². The average Bonchev–Trinajstić information content (AvgIpc) is 2.37. The van der Waals surface area contributed by atoms with Gasteiger partial charge in [0.05, 0.1) is 5.69 Å². The van der Waals surface area contributed by atoms with E-state index in [2.05, 4.69) is 6.58 Å². The summed E-state index contributed by atoms with van der Waals surface area (Å²) in [7, 11) is 0. The first-order valence-electron chi connectivity index (χ1n) is 4.75. The molecule has 1 aromatic rings. The lowest BCUT2D eigenvalue weighted by Crippen LogP contribution is -2.27. The van der Waals surface area contributed by atoms with Gasteiger partial charge in [0.15, 0.2) is 0 Å². The van der Waals surface area contributed by atoms with Gasteiger partial charge in [0.2, 0.25) is 5.88 Å². The largest absolute Gasteiger partial charge is 0.506 e. The lowest BCUT2D eigenvalue weighted by Gasteiger charge is -2.20. The number of hydrogen-bond acceptors (Lipinski definition) is 4. The Bertz CT molecular complexity index is 426. The third-order valence-corrected chi connectivity index (χ3v) is 1.77. The Kier molecular flexibility index (Phi) is 2.98. The molecule has 0 bridgehead atoms. The van der Waals surface area contributed by atoms with E-state index in [0.29, 0.717) is 0 Å². The molecule has 2 N–H and O–H groups in total. The van der Waals surface area contributed by atoms with Crippen LogP contribution < -0.4 is 0 Å². The van der Waals surface area contributed by atoms with Gasteiger partial charge in [-0.3, -0.25) is 0 Å². The number of hydrogen-bond donors (Lipinski definition) is 2. The van der Waals surface area contributed by atoms with Crippen molar-refractivity contribution in [2.45, 2.75) is 26.4 Å². The van der Waals surface area contributed by atoms with E-state index < -0.39 is 11.7 Å². The molecule has 1 heterocycles. The van der Waals surface area contributed by atoms with Crippen molar-refractivity contribution in [1.29, 1.82) is 0 Å². The van der Waals surface area contributed by atoms with Crippen molar-refractivity contribution in [3.63, 3.8) is 0 Å². The van der Waals surface area contributed by atoms with Crippen molar-refractivity contribution in [3.8, 4) is 11.6 Å². The molecule has 0 aliphatic heterocycles. The fourth-order valence-electron chi connectivity index (χ4n) is 1.19. The summed E-state index contributed by atoms with van der Waals surface area (Å²) >= 11 is 0. The zero-order valence-corrected chi connectivity index (χ0v) is 9.52. The van der Waals surface area contributed by atoms with Crippen LogP contribution in [-0.2, 0) is 4.74 Å². The summed E-state index contributed by atoms with van der Waals surface area (Å²) in [4.78, 5) is 11.7. The second kappa shape index (κ2) is 3.92. The maximum absolute atomic E-state index is 11.7. The van der Waals surface area contributed by atoms with E-state index in [1.54, 1.807) is 20.8 Å². The second-order valence-corrected chi connectivity index (χ2v) is 4.29. The first-order chi connectivity index (χ1) is 7.26. The molecule has 0 aliphatic carbocycles. The summed E-state index contributed by atoms with van der Waals surface area (Å²) in [6.45, 7) is 8.57. The average molecular weight is 225 g/mol. The van der Waals surface area contributed by atoms with E-state index in [4.69, 9.17) is 4.74 Å². The molecule has 0 aromatic carbocycles. The third-order valence-electron chi connectivity index (χ3n) is 1.77.